The Balaban J connectivity index is 1.27. The summed E-state index contributed by atoms with van der Waals surface area (Å²) in [6.07, 6.45) is 2.00. The Labute approximate surface area is 230 Å². The van der Waals surface area contributed by atoms with E-state index in [1.54, 1.807) is 24.3 Å². The molecule has 4 rings (SSSR count). The van der Waals surface area contributed by atoms with Crippen LogP contribution in [0, 0.1) is 13.8 Å². The molecule has 2 heterocycles. The summed E-state index contributed by atoms with van der Waals surface area (Å²) in [5, 5.41) is 0. The van der Waals surface area contributed by atoms with Gasteiger partial charge in [-0.05, 0) is 51.0 Å². The Bertz CT molecular complexity index is 1270. The number of ether oxygens (including phenoxy) is 4. The molecule has 0 aliphatic carbocycles. The fourth-order valence-corrected chi connectivity index (χ4v) is 6.31. The van der Waals surface area contributed by atoms with Gasteiger partial charge in [0.2, 0.25) is 0 Å². The van der Waals surface area contributed by atoms with Gasteiger partial charge in [0.1, 0.15) is 6.10 Å². The van der Waals surface area contributed by atoms with Crippen LogP contribution in [0.1, 0.15) is 36.8 Å². The second-order valence-electron chi connectivity index (χ2n) is 9.69. The van der Waals surface area contributed by atoms with Gasteiger partial charge >= 0.3 is 0 Å². The average Bonchev–Trinajstić information content (AvgIpc) is 2.91. The summed E-state index contributed by atoms with van der Waals surface area (Å²) < 4.78 is 84.0. The molecular formula is C27H36O10S2. The summed E-state index contributed by atoms with van der Waals surface area (Å²) in [7, 11) is -7.79. The molecule has 3 atom stereocenters. The summed E-state index contributed by atoms with van der Waals surface area (Å²) in [4.78, 5) is 0.173. The molecule has 0 aromatic heterocycles. The second-order valence-corrected chi connectivity index (χ2v) is 12.9. The standard InChI is InChI=1S/C27H36O10S2/c1-21-5-9-24(10-6-21)38(28,29)36-17-15-32-23-19-26(27(35-20-23)13-3-4-14-34-27)33-16-18-37-39(30,31)25-11-7-22(2)8-12-25/h5-12,23,26H,3-4,13-20H2,1-2H3. The monoisotopic (exact) mass is 584 g/mol. The van der Waals surface area contributed by atoms with Crippen molar-refractivity contribution in [2.75, 3.05) is 39.6 Å². The van der Waals surface area contributed by atoms with Crippen molar-refractivity contribution in [3.05, 3.63) is 59.7 Å². The van der Waals surface area contributed by atoms with Gasteiger partial charge in [-0.25, -0.2) is 0 Å². The molecule has 0 saturated carbocycles. The number of hydrogen-bond donors (Lipinski definition) is 0. The van der Waals surface area contributed by atoms with Crippen LogP contribution < -0.4 is 0 Å². The lowest BCUT2D eigenvalue weighted by atomic mass is 9.93. The van der Waals surface area contributed by atoms with Crippen molar-refractivity contribution in [3.63, 3.8) is 0 Å². The van der Waals surface area contributed by atoms with Crippen molar-refractivity contribution in [3.8, 4) is 0 Å². The van der Waals surface area contributed by atoms with E-state index in [-0.39, 0.29) is 48.9 Å². The molecule has 12 heteroatoms. The average molecular weight is 585 g/mol. The van der Waals surface area contributed by atoms with Gasteiger partial charge in [0.15, 0.2) is 5.79 Å². The van der Waals surface area contributed by atoms with Crippen molar-refractivity contribution in [1.29, 1.82) is 0 Å². The molecule has 2 aromatic carbocycles. The van der Waals surface area contributed by atoms with Gasteiger partial charge in [-0.1, -0.05) is 35.4 Å². The Morgan fingerprint density at radius 1 is 0.744 bits per heavy atom. The van der Waals surface area contributed by atoms with Gasteiger partial charge in [0, 0.05) is 12.8 Å². The number of benzene rings is 2. The smallest absolute Gasteiger partial charge is 0.297 e. The summed E-state index contributed by atoms with van der Waals surface area (Å²) in [5.74, 6) is -0.931. The highest BCUT2D eigenvalue weighted by atomic mass is 32.2. The molecule has 10 nitrogen and oxygen atoms in total. The zero-order valence-electron chi connectivity index (χ0n) is 22.2. The Kier molecular flexibility index (Phi) is 10.2. The van der Waals surface area contributed by atoms with Crippen molar-refractivity contribution in [1.82, 2.24) is 0 Å². The van der Waals surface area contributed by atoms with E-state index in [1.165, 1.54) is 24.3 Å². The van der Waals surface area contributed by atoms with Gasteiger partial charge in [0.25, 0.3) is 20.2 Å². The molecular weight excluding hydrogens is 548 g/mol. The predicted molar refractivity (Wildman–Crippen MR) is 141 cm³/mol. The van der Waals surface area contributed by atoms with E-state index in [0.29, 0.717) is 19.4 Å². The van der Waals surface area contributed by atoms with E-state index in [0.717, 1.165) is 24.0 Å². The van der Waals surface area contributed by atoms with Gasteiger partial charge in [-0.2, -0.15) is 16.8 Å². The molecule has 39 heavy (non-hydrogen) atoms. The molecule has 2 aliphatic heterocycles. The topological polar surface area (TPSA) is 124 Å². The van der Waals surface area contributed by atoms with Gasteiger partial charge in [-0.3, -0.25) is 8.37 Å². The molecule has 2 fully saturated rings. The van der Waals surface area contributed by atoms with Crippen LogP contribution in [-0.4, -0.2) is 74.5 Å². The first-order valence-electron chi connectivity index (χ1n) is 13.0. The molecule has 0 bridgehead atoms. The van der Waals surface area contributed by atoms with Crippen molar-refractivity contribution < 1.29 is 44.1 Å². The Morgan fingerprint density at radius 3 is 1.79 bits per heavy atom. The maximum absolute atomic E-state index is 12.5. The van der Waals surface area contributed by atoms with Crippen LogP contribution in [0.3, 0.4) is 0 Å². The van der Waals surface area contributed by atoms with Crippen molar-refractivity contribution in [2.45, 2.75) is 67.3 Å². The molecule has 2 saturated heterocycles. The van der Waals surface area contributed by atoms with E-state index in [9.17, 15) is 16.8 Å². The minimum Gasteiger partial charge on any atom is -0.373 e. The molecule has 0 N–H and O–H groups in total. The van der Waals surface area contributed by atoms with Gasteiger partial charge < -0.3 is 18.9 Å². The Morgan fingerprint density at radius 2 is 1.28 bits per heavy atom. The predicted octanol–water partition coefficient (Wildman–Crippen LogP) is 3.50. The first-order valence-corrected chi connectivity index (χ1v) is 15.8. The van der Waals surface area contributed by atoms with E-state index in [2.05, 4.69) is 0 Å². The number of hydrogen-bond acceptors (Lipinski definition) is 10. The van der Waals surface area contributed by atoms with Crippen LogP contribution >= 0.6 is 0 Å². The van der Waals surface area contributed by atoms with Crippen molar-refractivity contribution in [2.24, 2.45) is 0 Å². The Hall–Kier alpha value is -1.90. The van der Waals surface area contributed by atoms with Crippen LogP contribution in [0.25, 0.3) is 0 Å². The van der Waals surface area contributed by atoms with Crippen LogP contribution in [-0.2, 0) is 47.5 Å². The van der Waals surface area contributed by atoms with Gasteiger partial charge in [0.05, 0.1) is 55.5 Å². The zero-order valence-corrected chi connectivity index (χ0v) is 23.9. The highest BCUT2D eigenvalue weighted by Gasteiger charge is 2.48. The molecule has 216 valence electrons. The fourth-order valence-electron chi connectivity index (χ4n) is 4.52. The summed E-state index contributed by atoms with van der Waals surface area (Å²) in [6.45, 7) is 4.27. The third-order valence-electron chi connectivity index (χ3n) is 6.68. The minimum absolute atomic E-state index is 0.00878. The number of aryl methyl sites for hydroxylation is 2. The number of rotatable bonds is 12. The van der Waals surface area contributed by atoms with Crippen LogP contribution in [0.2, 0.25) is 0 Å². The fraction of sp³-hybridized carbons (Fsp3) is 0.556. The maximum Gasteiger partial charge on any atom is 0.297 e. The third-order valence-corrected chi connectivity index (χ3v) is 9.34. The molecule has 2 aromatic rings. The van der Waals surface area contributed by atoms with E-state index < -0.39 is 32.1 Å². The lowest BCUT2D eigenvalue weighted by molar-refractivity contribution is -0.338. The molecule has 2 aliphatic rings. The van der Waals surface area contributed by atoms with Gasteiger partial charge in [-0.15, -0.1) is 0 Å². The lowest BCUT2D eigenvalue weighted by Gasteiger charge is -2.47. The summed E-state index contributed by atoms with van der Waals surface area (Å²) >= 11 is 0. The van der Waals surface area contributed by atoms with E-state index in [4.69, 9.17) is 27.3 Å². The molecule has 0 amide bonds. The largest absolute Gasteiger partial charge is 0.373 e. The first-order chi connectivity index (χ1) is 18.6. The summed E-state index contributed by atoms with van der Waals surface area (Å²) in [6, 6.07) is 12.8. The molecule has 3 unspecified atom stereocenters. The van der Waals surface area contributed by atoms with E-state index in [1.807, 2.05) is 13.8 Å². The second kappa shape index (κ2) is 13.2. The van der Waals surface area contributed by atoms with Crippen LogP contribution in [0.15, 0.2) is 58.3 Å². The van der Waals surface area contributed by atoms with Crippen molar-refractivity contribution >= 4 is 20.2 Å². The third kappa shape index (κ3) is 8.08. The van der Waals surface area contributed by atoms with Crippen LogP contribution in [0.4, 0.5) is 0 Å². The summed E-state index contributed by atoms with van der Waals surface area (Å²) in [5.41, 5.74) is 1.90. The molecule has 1 spiro atoms. The molecule has 0 radical (unpaired) electrons. The highest BCUT2D eigenvalue weighted by Crippen LogP contribution is 2.37. The maximum atomic E-state index is 12.5. The van der Waals surface area contributed by atoms with Crippen LogP contribution in [0.5, 0.6) is 0 Å². The first kappa shape index (κ1) is 30.1. The van der Waals surface area contributed by atoms with E-state index >= 15 is 0 Å². The minimum atomic E-state index is -3.90. The SMILES string of the molecule is Cc1ccc(S(=O)(=O)OCCOC2COC3(CCCCO3)C(OCCOS(=O)(=O)c3ccc(C)cc3)C2)cc1. The highest BCUT2D eigenvalue weighted by molar-refractivity contribution is 7.87. The quantitative estimate of drug-likeness (QED) is 0.270. The lowest BCUT2D eigenvalue weighted by Crippen LogP contribution is -2.57. The normalized spacial score (nSPS) is 24.2. The zero-order chi connectivity index (χ0) is 27.9.